The predicted molar refractivity (Wildman–Crippen MR) is 87.8 cm³/mol. The molecular formula is C15H16BrN3O3. The maximum atomic E-state index is 10.8. The Hall–Kier alpha value is -1.99. The number of nitrogens with one attached hydrogen (secondary N) is 1. The van der Waals surface area contributed by atoms with E-state index in [2.05, 4.69) is 26.2 Å². The van der Waals surface area contributed by atoms with Gasteiger partial charge in [-0.25, -0.2) is 4.98 Å². The largest absolute Gasteiger partial charge is 0.386 e. The summed E-state index contributed by atoms with van der Waals surface area (Å²) in [6.45, 7) is 3.48. The van der Waals surface area contributed by atoms with Crippen molar-refractivity contribution < 1.29 is 10.0 Å². The second-order valence-electron chi connectivity index (χ2n) is 5.04. The number of pyridine rings is 1. The SMILES string of the molecule is Cc1cc(NC(C)C(O)c2ccc(Br)cc2)ncc1[N+](=O)[O-]. The number of halogens is 1. The van der Waals surface area contributed by atoms with Gasteiger partial charge in [-0.1, -0.05) is 28.1 Å². The molecule has 116 valence electrons. The van der Waals surface area contributed by atoms with Gasteiger partial charge < -0.3 is 10.4 Å². The molecule has 0 amide bonds. The van der Waals surface area contributed by atoms with Gasteiger partial charge in [0.1, 0.15) is 12.0 Å². The van der Waals surface area contributed by atoms with Crippen LogP contribution in [0, 0.1) is 17.0 Å². The Bertz CT molecular complexity index is 676. The Balaban J connectivity index is 2.11. The Kier molecular flexibility index (Phi) is 5.10. The number of aromatic nitrogens is 1. The summed E-state index contributed by atoms with van der Waals surface area (Å²) in [5.74, 6) is 0.492. The smallest absolute Gasteiger partial charge is 0.290 e. The first-order chi connectivity index (χ1) is 10.4. The third kappa shape index (κ3) is 3.80. The van der Waals surface area contributed by atoms with E-state index in [1.165, 1.54) is 6.20 Å². The molecule has 0 aliphatic rings. The Morgan fingerprint density at radius 2 is 2.00 bits per heavy atom. The number of nitro groups is 1. The van der Waals surface area contributed by atoms with Gasteiger partial charge in [0.05, 0.1) is 17.1 Å². The maximum absolute atomic E-state index is 10.8. The molecule has 0 spiro atoms. The minimum atomic E-state index is -0.717. The highest BCUT2D eigenvalue weighted by molar-refractivity contribution is 9.10. The van der Waals surface area contributed by atoms with Crippen LogP contribution in [0.15, 0.2) is 41.0 Å². The van der Waals surface area contributed by atoms with Crippen LogP contribution in [0.2, 0.25) is 0 Å². The van der Waals surface area contributed by atoms with E-state index in [1.807, 2.05) is 31.2 Å². The first-order valence-electron chi connectivity index (χ1n) is 6.69. The molecular weight excluding hydrogens is 350 g/mol. The lowest BCUT2D eigenvalue weighted by atomic mass is 10.0. The molecule has 1 aromatic carbocycles. The summed E-state index contributed by atoms with van der Waals surface area (Å²) in [5.41, 5.74) is 1.28. The molecule has 0 aliphatic heterocycles. The number of nitrogens with zero attached hydrogens (tertiary/aromatic N) is 2. The van der Waals surface area contributed by atoms with E-state index in [0.29, 0.717) is 11.4 Å². The molecule has 6 nitrogen and oxygen atoms in total. The van der Waals surface area contributed by atoms with Gasteiger partial charge in [-0.3, -0.25) is 10.1 Å². The van der Waals surface area contributed by atoms with Crippen molar-refractivity contribution in [2.24, 2.45) is 0 Å². The number of rotatable bonds is 5. The van der Waals surface area contributed by atoms with Gasteiger partial charge in [0.15, 0.2) is 0 Å². The molecule has 7 heteroatoms. The molecule has 0 bridgehead atoms. The number of hydrogen-bond donors (Lipinski definition) is 2. The van der Waals surface area contributed by atoms with Crippen molar-refractivity contribution in [1.29, 1.82) is 0 Å². The second kappa shape index (κ2) is 6.85. The molecule has 2 atom stereocenters. The number of hydrogen-bond acceptors (Lipinski definition) is 5. The van der Waals surface area contributed by atoms with Crippen LogP contribution in [0.1, 0.15) is 24.2 Å². The van der Waals surface area contributed by atoms with Crippen LogP contribution in [0.25, 0.3) is 0 Å². The van der Waals surface area contributed by atoms with Crippen molar-refractivity contribution in [3.05, 3.63) is 62.2 Å². The Morgan fingerprint density at radius 3 is 2.55 bits per heavy atom. The number of aryl methyl sites for hydroxylation is 1. The molecule has 0 fully saturated rings. The summed E-state index contributed by atoms with van der Waals surface area (Å²) in [7, 11) is 0. The van der Waals surface area contributed by atoms with Crippen LogP contribution in [-0.2, 0) is 0 Å². The van der Waals surface area contributed by atoms with E-state index in [-0.39, 0.29) is 11.7 Å². The van der Waals surface area contributed by atoms with Crippen molar-refractivity contribution in [2.75, 3.05) is 5.32 Å². The van der Waals surface area contributed by atoms with E-state index in [0.717, 1.165) is 10.0 Å². The van der Waals surface area contributed by atoms with Crippen molar-refractivity contribution in [1.82, 2.24) is 4.98 Å². The minimum absolute atomic E-state index is 0.0216. The monoisotopic (exact) mass is 365 g/mol. The van der Waals surface area contributed by atoms with E-state index in [1.54, 1.807) is 13.0 Å². The van der Waals surface area contributed by atoms with Gasteiger partial charge in [0.25, 0.3) is 5.69 Å². The molecule has 2 unspecified atom stereocenters. The van der Waals surface area contributed by atoms with Gasteiger partial charge in [0.2, 0.25) is 0 Å². The van der Waals surface area contributed by atoms with Gasteiger partial charge >= 0.3 is 0 Å². The van der Waals surface area contributed by atoms with Crippen LogP contribution in [0.5, 0.6) is 0 Å². The fourth-order valence-corrected chi connectivity index (χ4v) is 2.34. The van der Waals surface area contributed by atoms with Crippen LogP contribution < -0.4 is 5.32 Å². The van der Waals surface area contributed by atoms with Crippen LogP contribution in [0.3, 0.4) is 0 Å². The molecule has 1 aromatic heterocycles. The van der Waals surface area contributed by atoms with E-state index >= 15 is 0 Å². The summed E-state index contributed by atoms with van der Waals surface area (Å²) in [6, 6.07) is 8.69. The number of benzene rings is 1. The zero-order valence-electron chi connectivity index (χ0n) is 12.2. The van der Waals surface area contributed by atoms with E-state index in [9.17, 15) is 15.2 Å². The summed E-state index contributed by atoms with van der Waals surface area (Å²) in [5, 5.41) is 24.2. The van der Waals surface area contributed by atoms with Crippen molar-refractivity contribution in [2.45, 2.75) is 26.0 Å². The first kappa shape index (κ1) is 16.4. The summed E-state index contributed by atoms with van der Waals surface area (Å²) >= 11 is 3.35. The third-order valence-corrected chi connectivity index (χ3v) is 3.87. The van der Waals surface area contributed by atoms with Gasteiger partial charge in [-0.05, 0) is 37.6 Å². The quantitative estimate of drug-likeness (QED) is 0.624. The first-order valence-corrected chi connectivity index (χ1v) is 7.49. The van der Waals surface area contributed by atoms with E-state index < -0.39 is 11.0 Å². The fourth-order valence-electron chi connectivity index (χ4n) is 2.08. The Labute approximate surface area is 136 Å². The lowest BCUT2D eigenvalue weighted by molar-refractivity contribution is -0.385. The van der Waals surface area contributed by atoms with E-state index in [4.69, 9.17) is 0 Å². The maximum Gasteiger partial charge on any atom is 0.290 e. The molecule has 0 saturated heterocycles. The highest BCUT2D eigenvalue weighted by Crippen LogP contribution is 2.23. The third-order valence-electron chi connectivity index (χ3n) is 3.34. The average Bonchev–Trinajstić information content (AvgIpc) is 2.47. The van der Waals surface area contributed by atoms with Crippen molar-refractivity contribution in [3.63, 3.8) is 0 Å². The van der Waals surface area contributed by atoms with Crippen molar-refractivity contribution in [3.8, 4) is 0 Å². The summed E-state index contributed by atoms with van der Waals surface area (Å²) in [4.78, 5) is 14.3. The van der Waals surface area contributed by atoms with Gasteiger partial charge in [-0.15, -0.1) is 0 Å². The predicted octanol–water partition coefficient (Wildman–Crippen LogP) is 3.59. The molecule has 1 heterocycles. The standard InChI is InChI=1S/C15H16BrN3O3/c1-9-7-14(17-8-13(9)19(21)22)18-10(2)15(20)11-3-5-12(16)6-4-11/h3-8,10,15,20H,1-2H3,(H,17,18). The van der Waals surface area contributed by atoms with Crippen LogP contribution in [0.4, 0.5) is 11.5 Å². The molecule has 22 heavy (non-hydrogen) atoms. The van der Waals surface area contributed by atoms with Crippen LogP contribution in [-0.4, -0.2) is 21.1 Å². The lowest BCUT2D eigenvalue weighted by Crippen LogP contribution is -2.24. The molecule has 0 saturated carbocycles. The number of anilines is 1. The zero-order valence-corrected chi connectivity index (χ0v) is 13.7. The molecule has 2 N–H and O–H groups in total. The summed E-state index contributed by atoms with van der Waals surface area (Å²) < 4.78 is 0.941. The fraction of sp³-hybridized carbons (Fsp3) is 0.267. The number of aliphatic hydroxyl groups excluding tert-OH is 1. The molecule has 0 aliphatic carbocycles. The molecule has 2 aromatic rings. The molecule has 0 radical (unpaired) electrons. The molecule has 2 rings (SSSR count). The highest BCUT2D eigenvalue weighted by atomic mass is 79.9. The van der Waals surface area contributed by atoms with Gasteiger partial charge in [-0.2, -0.15) is 0 Å². The summed E-state index contributed by atoms with van der Waals surface area (Å²) in [6.07, 6.45) is 0.501. The minimum Gasteiger partial charge on any atom is -0.386 e. The average molecular weight is 366 g/mol. The van der Waals surface area contributed by atoms with Gasteiger partial charge in [0, 0.05) is 10.0 Å². The second-order valence-corrected chi connectivity index (χ2v) is 5.96. The lowest BCUT2D eigenvalue weighted by Gasteiger charge is -2.21. The normalized spacial score (nSPS) is 13.5. The van der Waals surface area contributed by atoms with Crippen LogP contribution >= 0.6 is 15.9 Å². The topological polar surface area (TPSA) is 88.3 Å². The van der Waals surface area contributed by atoms with Crippen molar-refractivity contribution >= 4 is 27.4 Å². The Morgan fingerprint density at radius 1 is 1.36 bits per heavy atom. The number of aliphatic hydroxyl groups is 1. The highest BCUT2D eigenvalue weighted by Gasteiger charge is 2.18. The zero-order chi connectivity index (χ0) is 16.3.